The molecule has 1 saturated carbocycles. The summed E-state index contributed by atoms with van der Waals surface area (Å²) < 4.78 is 5.57. The van der Waals surface area contributed by atoms with Gasteiger partial charge >= 0.3 is 0 Å². The fourth-order valence-corrected chi connectivity index (χ4v) is 2.96. The van der Waals surface area contributed by atoms with Crippen LogP contribution in [0.3, 0.4) is 0 Å². The predicted octanol–water partition coefficient (Wildman–Crippen LogP) is 4.08. The van der Waals surface area contributed by atoms with E-state index in [4.69, 9.17) is 10.5 Å². The monoisotopic (exact) mass is 291 g/mol. The highest BCUT2D eigenvalue weighted by Crippen LogP contribution is 2.30. The van der Waals surface area contributed by atoms with Gasteiger partial charge in [0.05, 0.1) is 12.3 Å². The molecule has 0 aliphatic heterocycles. The maximum absolute atomic E-state index is 5.88. The lowest BCUT2D eigenvalue weighted by molar-refractivity contribution is 0.278. The first kappa shape index (κ1) is 15.9. The molecule has 0 aromatic carbocycles. The minimum absolute atomic E-state index is 0.552. The summed E-state index contributed by atoms with van der Waals surface area (Å²) in [6.07, 6.45) is 7.71. The molecular formula is C17H29N3O. The normalized spacial score (nSPS) is 22.0. The number of nitrogens with one attached hydrogen (secondary N) is 1. The lowest BCUT2D eigenvalue weighted by Crippen LogP contribution is -2.21. The fourth-order valence-electron chi connectivity index (χ4n) is 2.96. The molecule has 1 aromatic rings. The molecule has 0 radical (unpaired) electrons. The highest BCUT2D eigenvalue weighted by Gasteiger charge is 2.19. The highest BCUT2D eigenvalue weighted by molar-refractivity contribution is 5.53. The molecule has 2 rings (SSSR count). The summed E-state index contributed by atoms with van der Waals surface area (Å²) in [5.41, 5.74) is 6.49. The molecule has 0 amide bonds. The summed E-state index contributed by atoms with van der Waals surface area (Å²) >= 11 is 0. The molecule has 0 spiro atoms. The molecule has 0 unspecified atom stereocenters. The van der Waals surface area contributed by atoms with Crippen LogP contribution in [0.5, 0.6) is 5.88 Å². The standard InChI is InChI=1S/C17H29N3O/c1-3-11-21-17-15(18)9-10-16(20-17)19-12-14-7-5-13(4-2)6-8-14/h9-10,13-14H,3-8,11-12,18H2,1-2H3,(H,19,20). The SMILES string of the molecule is CCCOc1nc(NCC2CCC(CC)CC2)ccc1N. The molecule has 0 bridgehead atoms. The Kier molecular flexibility index (Phi) is 6.15. The van der Waals surface area contributed by atoms with Crippen LogP contribution in [0.1, 0.15) is 52.4 Å². The van der Waals surface area contributed by atoms with Crippen LogP contribution in [0.25, 0.3) is 0 Å². The van der Waals surface area contributed by atoms with E-state index in [-0.39, 0.29) is 0 Å². The first-order chi connectivity index (χ1) is 10.2. The summed E-state index contributed by atoms with van der Waals surface area (Å²) in [5.74, 6) is 3.14. The third-order valence-corrected chi connectivity index (χ3v) is 4.45. The zero-order valence-electron chi connectivity index (χ0n) is 13.4. The van der Waals surface area contributed by atoms with Crippen LogP contribution in [0, 0.1) is 11.8 Å². The molecule has 4 nitrogen and oxygen atoms in total. The van der Waals surface area contributed by atoms with Gasteiger partial charge in [0.1, 0.15) is 5.82 Å². The Morgan fingerprint density at radius 3 is 2.57 bits per heavy atom. The summed E-state index contributed by atoms with van der Waals surface area (Å²) in [6, 6.07) is 3.81. The van der Waals surface area contributed by atoms with E-state index >= 15 is 0 Å². The second-order valence-corrected chi connectivity index (χ2v) is 6.12. The molecule has 1 aliphatic carbocycles. The van der Waals surface area contributed by atoms with E-state index in [1.807, 2.05) is 12.1 Å². The van der Waals surface area contributed by atoms with Crippen molar-refractivity contribution in [3.05, 3.63) is 12.1 Å². The van der Waals surface area contributed by atoms with Gasteiger partial charge in [-0.15, -0.1) is 0 Å². The van der Waals surface area contributed by atoms with Gasteiger partial charge in [-0.2, -0.15) is 4.98 Å². The van der Waals surface area contributed by atoms with Crippen molar-refractivity contribution in [2.45, 2.75) is 52.4 Å². The zero-order valence-corrected chi connectivity index (χ0v) is 13.4. The van der Waals surface area contributed by atoms with Crippen LogP contribution in [0.2, 0.25) is 0 Å². The van der Waals surface area contributed by atoms with Crippen LogP contribution in [-0.4, -0.2) is 18.1 Å². The van der Waals surface area contributed by atoms with Crippen LogP contribution in [-0.2, 0) is 0 Å². The van der Waals surface area contributed by atoms with E-state index in [9.17, 15) is 0 Å². The third-order valence-electron chi connectivity index (χ3n) is 4.45. The van der Waals surface area contributed by atoms with E-state index < -0.39 is 0 Å². The first-order valence-corrected chi connectivity index (χ1v) is 8.36. The van der Waals surface area contributed by atoms with Gasteiger partial charge in [0.15, 0.2) is 0 Å². The zero-order chi connectivity index (χ0) is 15.1. The molecule has 1 aromatic heterocycles. The second kappa shape index (κ2) is 8.11. The number of nitrogen functional groups attached to an aromatic ring is 1. The van der Waals surface area contributed by atoms with Gasteiger partial charge < -0.3 is 15.8 Å². The second-order valence-electron chi connectivity index (χ2n) is 6.12. The van der Waals surface area contributed by atoms with Crippen molar-refractivity contribution in [3.63, 3.8) is 0 Å². The third kappa shape index (κ3) is 4.80. The van der Waals surface area contributed by atoms with Crippen LogP contribution in [0.4, 0.5) is 11.5 Å². The predicted molar refractivity (Wildman–Crippen MR) is 88.7 cm³/mol. The number of nitrogens with two attached hydrogens (primary N) is 1. The minimum Gasteiger partial charge on any atom is -0.476 e. The van der Waals surface area contributed by atoms with Crippen molar-refractivity contribution in [3.8, 4) is 5.88 Å². The Hall–Kier alpha value is -1.45. The summed E-state index contributed by atoms with van der Waals surface area (Å²) in [4.78, 5) is 4.47. The lowest BCUT2D eigenvalue weighted by atomic mass is 9.81. The number of hydrogen-bond acceptors (Lipinski definition) is 4. The van der Waals surface area contributed by atoms with Gasteiger partial charge in [0.25, 0.3) is 0 Å². The van der Waals surface area contributed by atoms with E-state index in [0.29, 0.717) is 18.2 Å². The Morgan fingerprint density at radius 1 is 1.19 bits per heavy atom. The van der Waals surface area contributed by atoms with Crippen molar-refractivity contribution in [2.24, 2.45) is 11.8 Å². The maximum Gasteiger partial charge on any atom is 0.239 e. The van der Waals surface area contributed by atoms with Crippen LogP contribution in [0.15, 0.2) is 12.1 Å². The van der Waals surface area contributed by atoms with Gasteiger partial charge in [0, 0.05) is 6.54 Å². The largest absolute Gasteiger partial charge is 0.476 e. The molecule has 1 aliphatic rings. The topological polar surface area (TPSA) is 60.2 Å². The van der Waals surface area contributed by atoms with Crippen molar-refractivity contribution < 1.29 is 4.74 Å². The molecule has 1 heterocycles. The lowest BCUT2D eigenvalue weighted by Gasteiger charge is -2.28. The molecular weight excluding hydrogens is 262 g/mol. The Labute approximate surface area is 128 Å². The fraction of sp³-hybridized carbons (Fsp3) is 0.706. The quantitative estimate of drug-likeness (QED) is 0.794. The maximum atomic E-state index is 5.88. The molecule has 1 fully saturated rings. The van der Waals surface area contributed by atoms with Gasteiger partial charge in [-0.1, -0.05) is 33.1 Å². The Bertz CT molecular complexity index is 428. The van der Waals surface area contributed by atoms with Crippen molar-refractivity contribution in [2.75, 3.05) is 24.2 Å². The smallest absolute Gasteiger partial charge is 0.239 e. The van der Waals surface area contributed by atoms with E-state index in [1.54, 1.807) is 0 Å². The van der Waals surface area contributed by atoms with Crippen molar-refractivity contribution >= 4 is 11.5 Å². The molecule has 21 heavy (non-hydrogen) atoms. The van der Waals surface area contributed by atoms with E-state index in [1.165, 1.54) is 32.1 Å². The van der Waals surface area contributed by atoms with Crippen molar-refractivity contribution in [1.82, 2.24) is 4.98 Å². The van der Waals surface area contributed by atoms with Crippen molar-refractivity contribution in [1.29, 1.82) is 0 Å². The molecule has 118 valence electrons. The average Bonchev–Trinajstić information content (AvgIpc) is 2.53. The van der Waals surface area contributed by atoms with Crippen LogP contribution >= 0.6 is 0 Å². The highest BCUT2D eigenvalue weighted by atomic mass is 16.5. The van der Waals surface area contributed by atoms with Crippen LogP contribution < -0.4 is 15.8 Å². The number of anilines is 2. The van der Waals surface area contributed by atoms with Gasteiger partial charge in [-0.05, 0) is 43.2 Å². The number of rotatable bonds is 7. The van der Waals surface area contributed by atoms with E-state index in [2.05, 4.69) is 24.1 Å². The first-order valence-electron chi connectivity index (χ1n) is 8.36. The number of aromatic nitrogens is 1. The van der Waals surface area contributed by atoms with Gasteiger partial charge in [-0.25, -0.2) is 0 Å². The molecule has 0 saturated heterocycles. The number of nitrogens with zero attached hydrogens (tertiary/aromatic N) is 1. The van der Waals surface area contributed by atoms with E-state index in [0.717, 1.165) is 30.6 Å². The van der Waals surface area contributed by atoms with Gasteiger partial charge in [0.2, 0.25) is 5.88 Å². The van der Waals surface area contributed by atoms with Gasteiger partial charge in [-0.3, -0.25) is 0 Å². The Balaban J connectivity index is 1.83. The molecule has 3 N–H and O–H groups in total. The summed E-state index contributed by atoms with van der Waals surface area (Å²) in [6.45, 7) is 6.03. The average molecular weight is 291 g/mol. The minimum atomic E-state index is 0.552. The molecule has 0 atom stereocenters. The molecule has 4 heteroatoms. The number of pyridine rings is 1. The number of hydrogen-bond donors (Lipinski definition) is 2. The summed E-state index contributed by atoms with van der Waals surface area (Å²) in [7, 11) is 0. The number of ether oxygens (including phenoxy) is 1. The Morgan fingerprint density at radius 2 is 1.90 bits per heavy atom. The summed E-state index contributed by atoms with van der Waals surface area (Å²) in [5, 5.41) is 3.44.